The molecule has 1 aliphatic heterocycles. The molecule has 2 unspecified atom stereocenters. The molecule has 0 bridgehead atoms. The molecule has 4 nitrogen and oxygen atoms in total. The molecule has 0 aromatic rings. The predicted octanol–water partition coefficient (Wildman–Crippen LogP) is 1.03. The summed E-state index contributed by atoms with van der Waals surface area (Å²) in [5, 5.41) is 5.47. The van der Waals surface area contributed by atoms with Crippen molar-refractivity contribution in [2.24, 2.45) is 4.99 Å². The van der Waals surface area contributed by atoms with Gasteiger partial charge in [-0.25, -0.2) is 13.8 Å². The van der Waals surface area contributed by atoms with Crippen LogP contribution in [-0.4, -0.2) is 30.4 Å². The molecular formula is C10H15F2N3O. The van der Waals surface area contributed by atoms with E-state index in [0.717, 1.165) is 6.42 Å². The Balaban J connectivity index is 1.88. The van der Waals surface area contributed by atoms with E-state index < -0.39 is 12.2 Å². The van der Waals surface area contributed by atoms with Crippen LogP contribution in [0.2, 0.25) is 0 Å². The molecule has 6 heteroatoms. The maximum Gasteiger partial charge on any atom is 0.264 e. The molecule has 0 aromatic carbocycles. The molecule has 1 aliphatic carbocycles. The van der Waals surface area contributed by atoms with Crippen LogP contribution in [0, 0.1) is 0 Å². The van der Waals surface area contributed by atoms with Crippen LogP contribution in [0.3, 0.4) is 0 Å². The zero-order chi connectivity index (χ0) is 11.6. The normalized spacial score (nSPS) is 33.5. The van der Waals surface area contributed by atoms with E-state index in [2.05, 4.69) is 15.6 Å². The van der Waals surface area contributed by atoms with Crippen molar-refractivity contribution in [2.75, 3.05) is 0 Å². The summed E-state index contributed by atoms with van der Waals surface area (Å²) in [6, 6.07) is -0.280. The lowest BCUT2D eigenvalue weighted by atomic mass is 10.1. The summed E-state index contributed by atoms with van der Waals surface area (Å²) < 4.78 is 26.6. The van der Waals surface area contributed by atoms with Crippen molar-refractivity contribution < 1.29 is 13.6 Å². The van der Waals surface area contributed by atoms with Crippen LogP contribution >= 0.6 is 0 Å². The highest BCUT2D eigenvalue weighted by molar-refractivity contribution is 6.27. The topological polar surface area (TPSA) is 53.5 Å². The first kappa shape index (κ1) is 11.4. The van der Waals surface area contributed by atoms with Gasteiger partial charge in [0.2, 0.25) is 5.92 Å². The molecule has 2 rings (SSSR count). The molecule has 1 saturated carbocycles. The third-order valence-electron chi connectivity index (χ3n) is 2.90. The fraction of sp³-hybridized carbons (Fsp3) is 0.800. The average molecular weight is 231 g/mol. The molecule has 1 amide bonds. The van der Waals surface area contributed by atoms with Crippen LogP contribution in [0.25, 0.3) is 0 Å². The summed E-state index contributed by atoms with van der Waals surface area (Å²) in [5.41, 5.74) is 0. The van der Waals surface area contributed by atoms with E-state index >= 15 is 0 Å². The van der Waals surface area contributed by atoms with E-state index in [4.69, 9.17) is 0 Å². The highest BCUT2D eigenvalue weighted by atomic mass is 19.3. The SMILES string of the molecule is O=C1C=NC(NC2CCCCC(F)(F)C2)N1. The smallest absolute Gasteiger partial charge is 0.264 e. The largest absolute Gasteiger partial charge is 0.317 e. The number of amides is 1. The molecule has 16 heavy (non-hydrogen) atoms. The summed E-state index contributed by atoms with van der Waals surface area (Å²) in [5.74, 6) is -2.88. The van der Waals surface area contributed by atoms with E-state index in [1.54, 1.807) is 0 Å². The van der Waals surface area contributed by atoms with E-state index in [-0.39, 0.29) is 24.8 Å². The fourth-order valence-corrected chi connectivity index (χ4v) is 2.14. The second kappa shape index (κ2) is 4.45. The number of aliphatic imine (C=N–C) groups is 1. The molecule has 90 valence electrons. The average Bonchev–Trinajstić information content (AvgIpc) is 2.49. The van der Waals surface area contributed by atoms with Gasteiger partial charge in [0.25, 0.3) is 5.91 Å². The van der Waals surface area contributed by atoms with Gasteiger partial charge < -0.3 is 5.32 Å². The third kappa shape index (κ3) is 2.98. The van der Waals surface area contributed by atoms with Crippen LogP contribution in [0.5, 0.6) is 0 Å². The van der Waals surface area contributed by atoms with Crippen molar-refractivity contribution in [1.82, 2.24) is 10.6 Å². The quantitative estimate of drug-likeness (QED) is 0.697. The van der Waals surface area contributed by atoms with Gasteiger partial charge in [0.05, 0.1) is 6.21 Å². The Labute approximate surface area is 92.5 Å². The Morgan fingerprint density at radius 2 is 2.31 bits per heavy atom. The van der Waals surface area contributed by atoms with Crippen molar-refractivity contribution in [3.05, 3.63) is 0 Å². The molecule has 0 radical (unpaired) electrons. The molecule has 1 heterocycles. The number of carbonyl (C=O) groups is 1. The first-order valence-electron chi connectivity index (χ1n) is 5.53. The minimum absolute atomic E-state index is 0.0362. The first-order valence-corrected chi connectivity index (χ1v) is 5.53. The zero-order valence-electron chi connectivity index (χ0n) is 8.88. The zero-order valence-corrected chi connectivity index (χ0v) is 8.88. The molecule has 0 spiro atoms. The van der Waals surface area contributed by atoms with Crippen molar-refractivity contribution in [2.45, 2.75) is 50.4 Å². The Morgan fingerprint density at radius 1 is 1.50 bits per heavy atom. The van der Waals surface area contributed by atoms with Gasteiger partial charge in [-0.3, -0.25) is 10.1 Å². The number of halogens is 2. The van der Waals surface area contributed by atoms with Crippen LogP contribution in [0.15, 0.2) is 4.99 Å². The Kier molecular flexibility index (Phi) is 3.18. The maximum absolute atomic E-state index is 13.3. The second-order valence-corrected chi connectivity index (χ2v) is 4.36. The van der Waals surface area contributed by atoms with Crippen molar-refractivity contribution in [3.8, 4) is 0 Å². The van der Waals surface area contributed by atoms with Crippen molar-refractivity contribution in [3.63, 3.8) is 0 Å². The van der Waals surface area contributed by atoms with E-state index in [1.165, 1.54) is 6.21 Å². The van der Waals surface area contributed by atoms with Crippen LogP contribution in [-0.2, 0) is 4.79 Å². The van der Waals surface area contributed by atoms with Gasteiger partial charge in [-0.1, -0.05) is 6.42 Å². The van der Waals surface area contributed by atoms with Crippen LogP contribution in [0.1, 0.15) is 32.1 Å². The number of hydrogen-bond acceptors (Lipinski definition) is 3. The number of hydrogen-bond donors (Lipinski definition) is 2. The number of nitrogens with zero attached hydrogens (tertiary/aromatic N) is 1. The minimum atomic E-state index is -2.60. The van der Waals surface area contributed by atoms with E-state index in [9.17, 15) is 13.6 Å². The third-order valence-corrected chi connectivity index (χ3v) is 2.90. The fourth-order valence-electron chi connectivity index (χ4n) is 2.14. The lowest BCUT2D eigenvalue weighted by molar-refractivity contribution is -0.114. The van der Waals surface area contributed by atoms with Gasteiger partial charge in [-0.15, -0.1) is 0 Å². The van der Waals surface area contributed by atoms with Gasteiger partial charge in [0.15, 0.2) is 6.29 Å². The summed E-state index contributed by atoms with van der Waals surface area (Å²) in [4.78, 5) is 14.7. The monoisotopic (exact) mass is 231 g/mol. The van der Waals surface area contributed by atoms with E-state index in [1.807, 2.05) is 0 Å². The maximum atomic E-state index is 13.3. The number of carbonyl (C=O) groups excluding carboxylic acids is 1. The highest BCUT2D eigenvalue weighted by Gasteiger charge is 2.35. The summed E-state index contributed by atoms with van der Waals surface area (Å²) in [6.45, 7) is 0. The van der Waals surface area contributed by atoms with Gasteiger partial charge in [0, 0.05) is 18.9 Å². The molecule has 0 saturated heterocycles. The van der Waals surface area contributed by atoms with Crippen LogP contribution in [0.4, 0.5) is 8.78 Å². The minimum Gasteiger partial charge on any atom is -0.317 e. The number of alkyl halides is 2. The molecule has 2 N–H and O–H groups in total. The van der Waals surface area contributed by atoms with Crippen LogP contribution < -0.4 is 10.6 Å². The second-order valence-electron chi connectivity index (χ2n) is 4.36. The summed E-state index contributed by atoms with van der Waals surface area (Å²) in [7, 11) is 0. The highest BCUT2D eigenvalue weighted by Crippen LogP contribution is 2.32. The molecule has 0 aromatic heterocycles. The van der Waals surface area contributed by atoms with E-state index in [0.29, 0.717) is 12.8 Å². The Bertz CT molecular complexity index is 306. The van der Waals surface area contributed by atoms with Crippen molar-refractivity contribution in [1.29, 1.82) is 0 Å². The van der Waals surface area contributed by atoms with Gasteiger partial charge in [-0.2, -0.15) is 0 Å². The standard InChI is InChI=1S/C10H15F2N3O/c11-10(12)4-2-1-3-7(5-10)14-9-13-6-8(16)15-9/h6-7,9,14H,1-5H2,(H,15,16). The molecular weight excluding hydrogens is 216 g/mol. The number of nitrogens with one attached hydrogen (secondary N) is 2. The van der Waals surface area contributed by atoms with Crippen molar-refractivity contribution >= 4 is 12.1 Å². The van der Waals surface area contributed by atoms with Gasteiger partial charge in [-0.05, 0) is 12.8 Å². The molecule has 2 aliphatic rings. The summed E-state index contributed by atoms with van der Waals surface area (Å²) in [6.07, 6.45) is 2.49. The first-order chi connectivity index (χ1) is 7.55. The van der Waals surface area contributed by atoms with Gasteiger partial charge in [0.1, 0.15) is 0 Å². The Hall–Kier alpha value is -1.04. The Morgan fingerprint density at radius 3 is 3.00 bits per heavy atom. The number of rotatable bonds is 2. The molecule has 1 fully saturated rings. The lowest BCUT2D eigenvalue weighted by Crippen LogP contribution is -2.46. The lowest BCUT2D eigenvalue weighted by Gasteiger charge is -2.23. The summed E-state index contributed by atoms with van der Waals surface area (Å²) >= 11 is 0. The molecule has 2 atom stereocenters. The predicted molar refractivity (Wildman–Crippen MR) is 55.4 cm³/mol. The van der Waals surface area contributed by atoms with Gasteiger partial charge >= 0.3 is 0 Å².